The van der Waals surface area contributed by atoms with Gasteiger partial charge in [-0.25, -0.2) is 9.18 Å². The maximum absolute atomic E-state index is 13.1. The van der Waals surface area contributed by atoms with Crippen LogP contribution in [0.3, 0.4) is 0 Å². The van der Waals surface area contributed by atoms with Gasteiger partial charge in [0, 0.05) is 11.5 Å². The number of rotatable bonds is 7. The van der Waals surface area contributed by atoms with Gasteiger partial charge in [-0.15, -0.1) is 0 Å². The molecule has 5 nitrogen and oxygen atoms in total. The standard InChI is InChI=1S/C20H23FN2O3/c1-13(2)19(14-8-10-15(21)11-9-14)22-12-18(24)23-17-7-5-4-6-16(17)20(25)26-3/h4-11,13,19,22H,12H2,1-3H3,(H,23,24)/p+1/t19-/m0/s1. The number of hydrogen-bond donors (Lipinski definition) is 2. The lowest BCUT2D eigenvalue weighted by atomic mass is 9.96. The first-order valence-corrected chi connectivity index (χ1v) is 8.48. The van der Waals surface area contributed by atoms with Crippen molar-refractivity contribution >= 4 is 17.6 Å². The number of carbonyl (C=O) groups excluding carboxylic acids is 2. The zero-order valence-corrected chi connectivity index (χ0v) is 15.2. The van der Waals surface area contributed by atoms with Gasteiger partial charge in [0.1, 0.15) is 11.9 Å². The highest BCUT2D eigenvalue weighted by Gasteiger charge is 2.21. The average Bonchev–Trinajstić information content (AvgIpc) is 2.63. The zero-order chi connectivity index (χ0) is 19.1. The maximum Gasteiger partial charge on any atom is 0.339 e. The minimum atomic E-state index is -0.503. The summed E-state index contributed by atoms with van der Waals surface area (Å²) in [5.74, 6) is -0.755. The van der Waals surface area contributed by atoms with E-state index in [4.69, 9.17) is 4.74 Å². The van der Waals surface area contributed by atoms with Gasteiger partial charge >= 0.3 is 5.97 Å². The van der Waals surface area contributed by atoms with Crippen molar-refractivity contribution in [1.29, 1.82) is 0 Å². The van der Waals surface area contributed by atoms with Crippen LogP contribution in [-0.4, -0.2) is 25.5 Å². The molecule has 0 spiro atoms. The summed E-state index contributed by atoms with van der Waals surface area (Å²) in [6.07, 6.45) is 0. The molecule has 1 amide bonds. The molecule has 2 aromatic rings. The van der Waals surface area contributed by atoms with Crippen LogP contribution in [0.1, 0.15) is 35.8 Å². The monoisotopic (exact) mass is 359 g/mol. The fraction of sp³-hybridized carbons (Fsp3) is 0.300. The molecule has 0 aromatic heterocycles. The first-order chi connectivity index (χ1) is 12.4. The van der Waals surface area contributed by atoms with Crippen molar-refractivity contribution in [3.8, 4) is 0 Å². The topological polar surface area (TPSA) is 72.0 Å². The minimum Gasteiger partial charge on any atom is -0.465 e. The van der Waals surface area contributed by atoms with Crippen LogP contribution in [0, 0.1) is 11.7 Å². The highest BCUT2D eigenvalue weighted by atomic mass is 19.1. The van der Waals surface area contributed by atoms with Crippen molar-refractivity contribution in [2.24, 2.45) is 5.92 Å². The van der Waals surface area contributed by atoms with E-state index < -0.39 is 5.97 Å². The lowest BCUT2D eigenvalue weighted by Crippen LogP contribution is -2.88. The van der Waals surface area contributed by atoms with Gasteiger partial charge in [-0.05, 0) is 24.3 Å². The van der Waals surface area contributed by atoms with Crippen LogP contribution in [0.4, 0.5) is 10.1 Å². The van der Waals surface area contributed by atoms with Crippen LogP contribution in [0.25, 0.3) is 0 Å². The summed E-state index contributed by atoms with van der Waals surface area (Å²) in [5, 5.41) is 4.66. The Morgan fingerprint density at radius 1 is 1.12 bits per heavy atom. The number of nitrogens with one attached hydrogen (secondary N) is 1. The Bertz CT molecular complexity index is 760. The molecule has 0 radical (unpaired) electrons. The summed E-state index contributed by atoms with van der Waals surface area (Å²) in [6, 6.07) is 13.0. The van der Waals surface area contributed by atoms with Gasteiger partial charge in [-0.3, -0.25) is 4.79 Å². The lowest BCUT2D eigenvalue weighted by Gasteiger charge is -2.19. The van der Waals surface area contributed by atoms with Crippen LogP contribution < -0.4 is 10.6 Å². The second kappa shape index (κ2) is 9.10. The molecule has 0 saturated heterocycles. The van der Waals surface area contributed by atoms with E-state index in [1.807, 2.05) is 5.32 Å². The van der Waals surface area contributed by atoms with Crippen molar-refractivity contribution in [3.05, 3.63) is 65.5 Å². The molecule has 6 heteroatoms. The van der Waals surface area contributed by atoms with E-state index in [9.17, 15) is 14.0 Å². The number of hydrogen-bond acceptors (Lipinski definition) is 3. The number of benzene rings is 2. The maximum atomic E-state index is 13.1. The molecule has 0 heterocycles. The molecule has 2 rings (SSSR count). The van der Waals surface area contributed by atoms with E-state index in [2.05, 4.69) is 19.2 Å². The van der Waals surface area contributed by atoms with E-state index >= 15 is 0 Å². The Kier molecular flexibility index (Phi) is 6.86. The van der Waals surface area contributed by atoms with Crippen LogP contribution in [-0.2, 0) is 9.53 Å². The number of anilines is 1. The first-order valence-electron chi connectivity index (χ1n) is 8.48. The Morgan fingerprint density at radius 2 is 1.77 bits per heavy atom. The van der Waals surface area contributed by atoms with E-state index in [0.717, 1.165) is 5.56 Å². The molecule has 0 aliphatic heterocycles. The number of quaternary nitrogens is 1. The van der Waals surface area contributed by atoms with Gasteiger partial charge in [-0.1, -0.05) is 38.1 Å². The second-order valence-electron chi connectivity index (χ2n) is 6.35. The molecule has 0 unspecified atom stereocenters. The number of esters is 1. The van der Waals surface area contributed by atoms with Crippen molar-refractivity contribution in [2.75, 3.05) is 19.0 Å². The fourth-order valence-corrected chi connectivity index (χ4v) is 2.79. The number of para-hydroxylation sites is 1. The normalized spacial score (nSPS) is 11.9. The summed E-state index contributed by atoms with van der Waals surface area (Å²) >= 11 is 0. The first kappa shape index (κ1) is 19.6. The Hall–Kier alpha value is -2.73. The second-order valence-corrected chi connectivity index (χ2v) is 6.35. The number of halogens is 1. The number of carbonyl (C=O) groups is 2. The summed E-state index contributed by atoms with van der Waals surface area (Å²) < 4.78 is 17.9. The fourth-order valence-electron chi connectivity index (χ4n) is 2.79. The summed E-state index contributed by atoms with van der Waals surface area (Å²) in [5.41, 5.74) is 1.69. The SMILES string of the molecule is COC(=O)c1ccccc1NC(=O)C[NH2+][C@H](c1ccc(F)cc1)C(C)C. The molecule has 0 fully saturated rings. The molecule has 1 atom stereocenters. The van der Waals surface area contributed by atoms with Crippen molar-refractivity contribution in [3.63, 3.8) is 0 Å². The predicted molar refractivity (Wildman–Crippen MR) is 97.2 cm³/mol. The Morgan fingerprint density at radius 3 is 2.38 bits per heavy atom. The highest BCUT2D eigenvalue weighted by molar-refractivity contribution is 6.01. The Labute approximate surface area is 152 Å². The van der Waals surface area contributed by atoms with Crippen LogP contribution in [0.2, 0.25) is 0 Å². The van der Waals surface area contributed by atoms with Crippen molar-refractivity contribution < 1.29 is 24.0 Å². The molecule has 2 aromatic carbocycles. The largest absolute Gasteiger partial charge is 0.465 e. The van der Waals surface area contributed by atoms with E-state index in [-0.39, 0.29) is 30.2 Å². The molecule has 0 aliphatic carbocycles. The van der Waals surface area contributed by atoms with Gasteiger partial charge in [0.15, 0.2) is 6.54 Å². The van der Waals surface area contributed by atoms with Crippen LogP contribution >= 0.6 is 0 Å². The van der Waals surface area contributed by atoms with Crippen LogP contribution in [0.15, 0.2) is 48.5 Å². The molecule has 0 saturated carbocycles. The third kappa shape index (κ3) is 5.13. The molecular formula is C20H24FN2O3+. The van der Waals surface area contributed by atoms with E-state index in [1.54, 1.807) is 36.4 Å². The van der Waals surface area contributed by atoms with Crippen molar-refractivity contribution in [2.45, 2.75) is 19.9 Å². The number of amides is 1. The molecule has 0 bridgehead atoms. The minimum absolute atomic E-state index is 0.0252. The summed E-state index contributed by atoms with van der Waals surface area (Å²) in [4.78, 5) is 24.1. The summed E-state index contributed by atoms with van der Waals surface area (Å²) in [6.45, 7) is 4.28. The number of nitrogens with two attached hydrogens (primary N) is 1. The molecule has 3 N–H and O–H groups in total. The zero-order valence-electron chi connectivity index (χ0n) is 15.2. The quantitative estimate of drug-likeness (QED) is 0.746. The smallest absolute Gasteiger partial charge is 0.339 e. The van der Waals surface area contributed by atoms with Gasteiger partial charge in [0.05, 0.1) is 18.4 Å². The number of ether oxygens (including phenoxy) is 1. The van der Waals surface area contributed by atoms with E-state index in [0.29, 0.717) is 11.3 Å². The highest BCUT2D eigenvalue weighted by Crippen LogP contribution is 2.18. The average molecular weight is 359 g/mol. The van der Waals surface area contributed by atoms with E-state index in [1.165, 1.54) is 19.2 Å². The van der Waals surface area contributed by atoms with Gasteiger partial charge in [-0.2, -0.15) is 0 Å². The number of methoxy groups -OCH3 is 1. The lowest BCUT2D eigenvalue weighted by molar-refractivity contribution is -0.692. The Balaban J connectivity index is 2.03. The molecule has 26 heavy (non-hydrogen) atoms. The third-order valence-corrected chi connectivity index (χ3v) is 4.14. The summed E-state index contributed by atoms with van der Waals surface area (Å²) in [7, 11) is 1.30. The van der Waals surface area contributed by atoms with Gasteiger partial charge in [0.2, 0.25) is 0 Å². The van der Waals surface area contributed by atoms with Crippen molar-refractivity contribution in [1.82, 2.24) is 0 Å². The van der Waals surface area contributed by atoms with Crippen LogP contribution in [0.5, 0.6) is 0 Å². The van der Waals surface area contributed by atoms with Gasteiger partial charge < -0.3 is 15.4 Å². The van der Waals surface area contributed by atoms with Gasteiger partial charge in [0.25, 0.3) is 5.91 Å². The molecule has 138 valence electrons. The third-order valence-electron chi connectivity index (χ3n) is 4.14. The predicted octanol–water partition coefficient (Wildman–Crippen LogP) is 2.51. The molecule has 0 aliphatic rings. The molecular weight excluding hydrogens is 335 g/mol.